The molecule has 2 aromatic rings. The third-order valence-corrected chi connectivity index (χ3v) is 6.03. The van der Waals surface area contributed by atoms with E-state index in [9.17, 15) is 4.79 Å². The van der Waals surface area contributed by atoms with E-state index in [1.54, 1.807) is 7.11 Å². The van der Waals surface area contributed by atoms with E-state index < -0.39 is 0 Å². The zero-order valence-corrected chi connectivity index (χ0v) is 18.0. The summed E-state index contributed by atoms with van der Waals surface area (Å²) in [5.74, 6) is 1.38. The van der Waals surface area contributed by atoms with E-state index in [-0.39, 0.29) is 11.9 Å². The number of carbonyl (C=O) groups is 1. The summed E-state index contributed by atoms with van der Waals surface area (Å²) < 4.78 is 5.50. The number of para-hydroxylation sites is 3. The SMILES string of the molecule is CC[C@@H](C)c1ccccc1NC(=O)[C@@H](C)N1CCN(c2ccccc2OC)CC1. The van der Waals surface area contributed by atoms with Gasteiger partial charge in [-0.2, -0.15) is 0 Å². The van der Waals surface area contributed by atoms with Crippen molar-refractivity contribution < 1.29 is 9.53 Å². The van der Waals surface area contributed by atoms with Crippen LogP contribution in [0.15, 0.2) is 48.5 Å². The Kier molecular flexibility index (Phi) is 7.15. The molecule has 1 heterocycles. The van der Waals surface area contributed by atoms with Gasteiger partial charge >= 0.3 is 0 Å². The van der Waals surface area contributed by atoms with Crippen LogP contribution >= 0.6 is 0 Å². The van der Waals surface area contributed by atoms with Crippen molar-refractivity contribution in [3.05, 3.63) is 54.1 Å². The number of rotatable bonds is 7. The first-order valence-corrected chi connectivity index (χ1v) is 10.6. The molecule has 5 nitrogen and oxygen atoms in total. The number of ether oxygens (including phenoxy) is 1. The average Bonchev–Trinajstić information content (AvgIpc) is 2.78. The standard InChI is InChI=1S/C24H33N3O2/c1-5-18(2)20-10-6-7-11-21(20)25-24(28)19(3)26-14-16-27(17-15-26)22-12-8-9-13-23(22)29-4/h6-13,18-19H,5,14-17H2,1-4H3,(H,25,28)/t18-,19-/m1/s1. The predicted octanol–water partition coefficient (Wildman–Crippen LogP) is 4.36. The summed E-state index contributed by atoms with van der Waals surface area (Å²) in [5.41, 5.74) is 3.26. The molecule has 2 aromatic carbocycles. The minimum Gasteiger partial charge on any atom is -0.495 e. The lowest BCUT2D eigenvalue weighted by molar-refractivity contribution is -0.120. The van der Waals surface area contributed by atoms with Crippen molar-refractivity contribution in [3.8, 4) is 5.75 Å². The van der Waals surface area contributed by atoms with Crippen LogP contribution in [0.3, 0.4) is 0 Å². The second-order valence-electron chi connectivity index (χ2n) is 7.76. The Balaban J connectivity index is 1.61. The van der Waals surface area contributed by atoms with Crippen LogP contribution in [-0.4, -0.2) is 50.1 Å². The van der Waals surface area contributed by atoms with E-state index in [0.29, 0.717) is 5.92 Å². The molecule has 1 saturated heterocycles. The van der Waals surface area contributed by atoms with Gasteiger partial charge in [0.25, 0.3) is 0 Å². The molecule has 156 valence electrons. The number of carbonyl (C=O) groups excluding carboxylic acids is 1. The Morgan fingerprint density at radius 3 is 2.38 bits per heavy atom. The molecule has 29 heavy (non-hydrogen) atoms. The molecule has 1 N–H and O–H groups in total. The molecule has 5 heteroatoms. The monoisotopic (exact) mass is 395 g/mol. The number of nitrogens with one attached hydrogen (secondary N) is 1. The van der Waals surface area contributed by atoms with Crippen molar-refractivity contribution in [1.29, 1.82) is 0 Å². The van der Waals surface area contributed by atoms with E-state index in [2.05, 4.69) is 41.1 Å². The molecule has 0 bridgehead atoms. The highest BCUT2D eigenvalue weighted by molar-refractivity contribution is 5.95. The summed E-state index contributed by atoms with van der Waals surface area (Å²) >= 11 is 0. The summed E-state index contributed by atoms with van der Waals surface area (Å²) in [6.45, 7) is 9.82. The molecule has 0 unspecified atom stereocenters. The predicted molar refractivity (Wildman–Crippen MR) is 120 cm³/mol. The Morgan fingerprint density at radius 2 is 1.69 bits per heavy atom. The first-order valence-electron chi connectivity index (χ1n) is 10.6. The van der Waals surface area contributed by atoms with Gasteiger partial charge in [-0.3, -0.25) is 9.69 Å². The smallest absolute Gasteiger partial charge is 0.241 e. The van der Waals surface area contributed by atoms with Gasteiger partial charge in [-0.05, 0) is 43.0 Å². The Hall–Kier alpha value is -2.53. The molecule has 1 aliphatic rings. The van der Waals surface area contributed by atoms with Crippen LogP contribution in [-0.2, 0) is 4.79 Å². The Morgan fingerprint density at radius 1 is 1.03 bits per heavy atom. The van der Waals surface area contributed by atoms with Gasteiger partial charge in [-0.25, -0.2) is 0 Å². The van der Waals surface area contributed by atoms with Crippen LogP contribution < -0.4 is 15.0 Å². The fourth-order valence-electron chi connectivity index (χ4n) is 3.90. The fraction of sp³-hybridized carbons (Fsp3) is 0.458. The van der Waals surface area contributed by atoms with Gasteiger partial charge in [0.1, 0.15) is 5.75 Å². The molecule has 1 fully saturated rings. The van der Waals surface area contributed by atoms with Gasteiger partial charge in [-0.15, -0.1) is 0 Å². The van der Waals surface area contributed by atoms with E-state index >= 15 is 0 Å². The van der Waals surface area contributed by atoms with E-state index in [1.807, 2.05) is 43.3 Å². The highest BCUT2D eigenvalue weighted by Crippen LogP contribution is 2.29. The summed E-state index contributed by atoms with van der Waals surface area (Å²) in [6.07, 6.45) is 1.05. The lowest BCUT2D eigenvalue weighted by atomic mass is 9.97. The van der Waals surface area contributed by atoms with Crippen LogP contribution in [0.2, 0.25) is 0 Å². The third-order valence-electron chi connectivity index (χ3n) is 6.03. The van der Waals surface area contributed by atoms with Gasteiger partial charge in [0.05, 0.1) is 18.8 Å². The van der Waals surface area contributed by atoms with Gasteiger partial charge < -0.3 is 15.0 Å². The molecule has 0 saturated carbocycles. The number of benzene rings is 2. The minimum atomic E-state index is -0.167. The molecule has 0 aliphatic carbocycles. The van der Waals surface area contributed by atoms with Crippen LogP contribution in [0.5, 0.6) is 5.75 Å². The zero-order valence-electron chi connectivity index (χ0n) is 18.0. The maximum absolute atomic E-state index is 12.9. The first kappa shape index (κ1) is 21.2. The van der Waals surface area contributed by atoms with Crippen LogP contribution in [0.25, 0.3) is 0 Å². The summed E-state index contributed by atoms with van der Waals surface area (Å²) in [4.78, 5) is 17.5. The van der Waals surface area contributed by atoms with Crippen LogP contribution in [0, 0.1) is 0 Å². The van der Waals surface area contributed by atoms with E-state index in [0.717, 1.165) is 49.7 Å². The molecule has 2 atom stereocenters. The molecule has 1 amide bonds. The van der Waals surface area contributed by atoms with Crippen molar-refractivity contribution in [2.75, 3.05) is 43.5 Å². The largest absolute Gasteiger partial charge is 0.495 e. The average molecular weight is 396 g/mol. The summed E-state index contributed by atoms with van der Waals surface area (Å²) in [7, 11) is 1.71. The lowest BCUT2D eigenvalue weighted by Crippen LogP contribution is -2.53. The number of anilines is 2. The van der Waals surface area contributed by atoms with Gasteiger partial charge in [-0.1, -0.05) is 44.2 Å². The Labute approximate surface area is 174 Å². The minimum absolute atomic E-state index is 0.0616. The normalized spacial score (nSPS) is 16.9. The van der Waals surface area contributed by atoms with Crippen molar-refractivity contribution in [3.63, 3.8) is 0 Å². The van der Waals surface area contributed by atoms with Crippen LogP contribution in [0.4, 0.5) is 11.4 Å². The maximum Gasteiger partial charge on any atom is 0.241 e. The molecule has 3 rings (SSSR count). The molecule has 0 radical (unpaired) electrons. The molecule has 1 aliphatic heterocycles. The topological polar surface area (TPSA) is 44.8 Å². The summed E-state index contributed by atoms with van der Waals surface area (Å²) in [6, 6.07) is 16.1. The number of hydrogen-bond donors (Lipinski definition) is 1. The van der Waals surface area contributed by atoms with E-state index in [4.69, 9.17) is 4.74 Å². The number of piperazine rings is 1. The van der Waals surface area contributed by atoms with Crippen molar-refractivity contribution in [1.82, 2.24) is 4.90 Å². The van der Waals surface area contributed by atoms with Gasteiger partial charge in [0.2, 0.25) is 5.91 Å². The highest BCUT2D eigenvalue weighted by Gasteiger charge is 2.27. The fourth-order valence-corrected chi connectivity index (χ4v) is 3.90. The number of hydrogen-bond acceptors (Lipinski definition) is 4. The number of methoxy groups -OCH3 is 1. The second kappa shape index (κ2) is 9.79. The molecule has 0 spiro atoms. The molecular weight excluding hydrogens is 362 g/mol. The first-order chi connectivity index (χ1) is 14.0. The molecule has 0 aromatic heterocycles. The van der Waals surface area contributed by atoms with Gasteiger partial charge in [0, 0.05) is 31.9 Å². The number of nitrogens with zero attached hydrogens (tertiary/aromatic N) is 2. The third kappa shape index (κ3) is 4.91. The van der Waals surface area contributed by atoms with Crippen molar-refractivity contribution >= 4 is 17.3 Å². The number of amides is 1. The van der Waals surface area contributed by atoms with Crippen LogP contribution in [0.1, 0.15) is 38.7 Å². The molecular formula is C24H33N3O2. The Bertz CT molecular complexity index is 815. The van der Waals surface area contributed by atoms with Crippen molar-refractivity contribution in [2.45, 2.75) is 39.2 Å². The summed E-state index contributed by atoms with van der Waals surface area (Å²) in [5, 5.41) is 3.17. The quantitative estimate of drug-likeness (QED) is 0.757. The van der Waals surface area contributed by atoms with Crippen molar-refractivity contribution in [2.24, 2.45) is 0 Å². The lowest BCUT2D eigenvalue weighted by Gasteiger charge is -2.39. The zero-order chi connectivity index (χ0) is 20.8. The maximum atomic E-state index is 12.9. The van der Waals surface area contributed by atoms with E-state index in [1.165, 1.54) is 5.56 Å². The highest BCUT2D eigenvalue weighted by atomic mass is 16.5. The second-order valence-corrected chi connectivity index (χ2v) is 7.76. The van der Waals surface area contributed by atoms with Gasteiger partial charge in [0.15, 0.2) is 0 Å².